The van der Waals surface area contributed by atoms with Crippen LogP contribution in [-0.2, 0) is 10.2 Å². The predicted molar refractivity (Wildman–Crippen MR) is 129 cm³/mol. The Morgan fingerprint density at radius 2 is 1.50 bits per heavy atom. The van der Waals surface area contributed by atoms with Crippen LogP contribution in [0, 0.1) is 0 Å². The summed E-state index contributed by atoms with van der Waals surface area (Å²) in [4.78, 5) is 25.8. The molecular formula is C28H25NO3. The van der Waals surface area contributed by atoms with E-state index in [-0.39, 0.29) is 22.9 Å². The molecule has 4 aromatic rings. The van der Waals surface area contributed by atoms with Gasteiger partial charge in [0, 0.05) is 17.0 Å². The van der Waals surface area contributed by atoms with Gasteiger partial charge in [-0.15, -0.1) is 0 Å². The maximum absolute atomic E-state index is 13.0. The minimum atomic E-state index is -0.335. The van der Waals surface area contributed by atoms with Crippen LogP contribution in [0.15, 0.2) is 89.4 Å². The van der Waals surface area contributed by atoms with Crippen molar-refractivity contribution in [1.82, 2.24) is 0 Å². The van der Waals surface area contributed by atoms with Gasteiger partial charge in [0.2, 0.25) is 11.7 Å². The van der Waals surface area contributed by atoms with E-state index in [1.54, 1.807) is 36.4 Å². The molecule has 0 saturated carbocycles. The van der Waals surface area contributed by atoms with E-state index in [9.17, 15) is 9.59 Å². The Kier molecular flexibility index (Phi) is 5.78. The second-order valence-corrected chi connectivity index (χ2v) is 8.69. The van der Waals surface area contributed by atoms with Crippen molar-refractivity contribution in [3.8, 4) is 0 Å². The molecule has 0 unspecified atom stereocenters. The van der Waals surface area contributed by atoms with Crippen LogP contribution in [0.3, 0.4) is 0 Å². The molecule has 160 valence electrons. The number of carbonyl (C=O) groups excluding carboxylic acids is 2. The molecule has 0 aliphatic carbocycles. The van der Waals surface area contributed by atoms with Crippen molar-refractivity contribution in [3.63, 3.8) is 0 Å². The van der Waals surface area contributed by atoms with Gasteiger partial charge in [0.25, 0.3) is 0 Å². The summed E-state index contributed by atoms with van der Waals surface area (Å²) in [6.07, 6.45) is 3.22. The summed E-state index contributed by atoms with van der Waals surface area (Å²) in [5.41, 5.74) is 3.65. The second-order valence-electron chi connectivity index (χ2n) is 8.69. The molecule has 1 heterocycles. The van der Waals surface area contributed by atoms with Crippen LogP contribution in [-0.4, -0.2) is 11.7 Å². The number of nitrogens with one attached hydrogen (secondary N) is 1. The van der Waals surface area contributed by atoms with E-state index in [0.717, 1.165) is 5.56 Å². The first kappa shape index (κ1) is 21.3. The molecule has 1 N–H and O–H groups in total. The zero-order valence-corrected chi connectivity index (χ0v) is 18.4. The third-order valence-electron chi connectivity index (χ3n) is 5.29. The van der Waals surface area contributed by atoms with E-state index in [2.05, 4.69) is 38.2 Å². The van der Waals surface area contributed by atoms with Crippen molar-refractivity contribution >= 4 is 34.4 Å². The van der Waals surface area contributed by atoms with Crippen LogP contribution in [0.25, 0.3) is 17.0 Å². The van der Waals surface area contributed by atoms with Gasteiger partial charge in [-0.1, -0.05) is 87.5 Å². The molecule has 0 spiro atoms. The lowest BCUT2D eigenvalue weighted by Crippen LogP contribution is -2.11. The quantitative estimate of drug-likeness (QED) is 0.290. The Morgan fingerprint density at radius 1 is 0.844 bits per heavy atom. The highest BCUT2D eigenvalue weighted by Crippen LogP contribution is 2.32. The first-order chi connectivity index (χ1) is 15.3. The standard InChI is InChI=1S/C28H25NO3/c1-28(2,3)21-16-13-19(14-17-21)15-18-24(30)29-25-22-11-7-8-12-23(22)32-27(25)26(31)20-9-5-4-6-10-20/h4-18H,1-3H3,(H,29,30)/b18-15+. The van der Waals surface area contributed by atoms with Crippen LogP contribution in [0.4, 0.5) is 5.69 Å². The zero-order chi connectivity index (χ0) is 22.7. The number of anilines is 1. The minimum Gasteiger partial charge on any atom is -0.450 e. The molecule has 0 atom stereocenters. The highest BCUT2D eigenvalue weighted by Gasteiger charge is 2.22. The van der Waals surface area contributed by atoms with Gasteiger partial charge in [-0.2, -0.15) is 0 Å². The largest absolute Gasteiger partial charge is 0.450 e. The average Bonchev–Trinajstić information content (AvgIpc) is 3.16. The van der Waals surface area contributed by atoms with Gasteiger partial charge in [0.1, 0.15) is 5.58 Å². The van der Waals surface area contributed by atoms with Crippen molar-refractivity contribution < 1.29 is 14.0 Å². The van der Waals surface area contributed by atoms with Crippen LogP contribution >= 0.6 is 0 Å². The molecular weight excluding hydrogens is 398 g/mol. The summed E-state index contributed by atoms with van der Waals surface area (Å²) in [6.45, 7) is 6.48. The van der Waals surface area contributed by atoms with Gasteiger partial charge < -0.3 is 9.73 Å². The average molecular weight is 424 g/mol. The van der Waals surface area contributed by atoms with Crippen molar-refractivity contribution in [3.05, 3.63) is 107 Å². The highest BCUT2D eigenvalue weighted by molar-refractivity contribution is 6.18. The molecule has 32 heavy (non-hydrogen) atoms. The van der Waals surface area contributed by atoms with E-state index in [0.29, 0.717) is 22.2 Å². The molecule has 4 rings (SSSR count). The topological polar surface area (TPSA) is 59.3 Å². The summed E-state index contributed by atoms with van der Waals surface area (Å²) >= 11 is 0. The molecule has 0 fully saturated rings. The summed E-state index contributed by atoms with van der Waals surface area (Å²) < 4.78 is 5.84. The number of carbonyl (C=O) groups is 2. The first-order valence-electron chi connectivity index (χ1n) is 10.5. The fourth-order valence-corrected chi connectivity index (χ4v) is 3.48. The van der Waals surface area contributed by atoms with Crippen LogP contribution < -0.4 is 5.32 Å². The summed E-state index contributed by atoms with van der Waals surface area (Å²) in [5, 5.41) is 3.53. The Hall–Kier alpha value is -3.92. The summed E-state index contributed by atoms with van der Waals surface area (Å²) in [5.74, 6) is -0.494. The van der Waals surface area contributed by atoms with Gasteiger partial charge in [0.15, 0.2) is 5.76 Å². The maximum Gasteiger partial charge on any atom is 0.248 e. The fourth-order valence-electron chi connectivity index (χ4n) is 3.48. The third kappa shape index (κ3) is 4.54. The van der Waals surface area contributed by atoms with Gasteiger partial charge in [-0.05, 0) is 34.8 Å². The number of para-hydroxylation sites is 1. The van der Waals surface area contributed by atoms with E-state index in [1.807, 2.05) is 36.4 Å². The molecule has 0 bridgehead atoms. The fraction of sp³-hybridized carbons (Fsp3) is 0.143. The Balaban J connectivity index is 1.60. The molecule has 3 aromatic carbocycles. The second kappa shape index (κ2) is 8.67. The number of hydrogen-bond acceptors (Lipinski definition) is 3. The number of fused-ring (bicyclic) bond motifs is 1. The number of rotatable bonds is 5. The maximum atomic E-state index is 13.0. The Labute approximate surface area is 187 Å². The Morgan fingerprint density at radius 3 is 2.19 bits per heavy atom. The molecule has 1 aromatic heterocycles. The Bertz CT molecular complexity index is 1290. The normalized spacial score (nSPS) is 11.7. The highest BCUT2D eigenvalue weighted by atomic mass is 16.3. The van der Waals surface area contributed by atoms with Crippen LogP contribution in [0.1, 0.15) is 48.0 Å². The lowest BCUT2D eigenvalue weighted by atomic mass is 9.87. The van der Waals surface area contributed by atoms with E-state index >= 15 is 0 Å². The predicted octanol–water partition coefficient (Wildman–Crippen LogP) is 6.61. The number of hydrogen-bond donors (Lipinski definition) is 1. The summed E-state index contributed by atoms with van der Waals surface area (Å²) in [7, 11) is 0. The molecule has 0 radical (unpaired) electrons. The van der Waals surface area contributed by atoms with Gasteiger partial charge in [0.05, 0.1) is 5.69 Å². The molecule has 0 saturated heterocycles. The number of furan rings is 1. The SMILES string of the molecule is CC(C)(C)c1ccc(/C=C/C(=O)Nc2c(C(=O)c3ccccc3)oc3ccccc23)cc1. The van der Waals surface area contributed by atoms with Gasteiger partial charge in [-0.3, -0.25) is 9.59 Å². The zero-order valence-electron chi connectivity index (χ0n) is 18.4. The van der Waals surface area contributed by atoms with Crippen molar-refractivity contribution in [1.29, 1.82) is 0 Å². The van der Waals surface area contributed by atoms with Crippen LogP contribution in [0.2, 0.25) is 0 Å². The number of amides is 1. The van der Waals surface area contributed by atoms with E-state index in [1.165, 1.54) is 11.6 Å². The van der Waals surface area contributed by atoms with E-state index < -0.39 is 0 Å². The van der Waals surface area contributed by atoms with Crippen LogP contribution in [0.5, 0.6) is 0 Å². The summed E-state index contributed by atoms with van der Waals surface area (Å²) in [6, 6.07) is 24.3. The lowest BCUT2D eigenvalue weighted by Gasteiger charge is -2.18. The minimum absolute atomic E-state index is 0.0731. The molecule has 4 heteroatoms. The van der Waals surface area contributed by atoms with E-state index in [4.69, 9.17) is 4.42 Å². The number of ketones is 1. The smallest absolute Gasteiger partial charge is 0.248 e. The molecule has 0 aliphatic rings. The monoisotopic (exact) mass is 423 g/mol. The number of benzene rings is 3. The molecule has 4 nitrogen and oxygen atoms in total. The first-order valence-corrected chi connectivity index (χ1v) is 10.5. The van der Waals surface area contributed by atoms with Crippen molar-refractivity contribution in [2.75, 3.05) is 5.32 Å². The molecule has 0 aliphatic heterocycles. The third-order valence-corrected chi connectivity index (χ3v) is 5.29. The van der Waals surface area contributed by atoms with Gasteiger partial charge in [-0.25, -0.2) is 0 Å². The lowest BCUT2D eigenvalue weighted by molar-refractivity contribution is -0.111. The molecule has 1 amide bonds. The van der Waals surface area contributed by atoms with Gasteiger partial charge >= 0.3 is 0 Å². The van der Waals surface area contributed by atoms with Crippen molar-refractivity contribution in [2.24, 2.45) is 0 Å². The van der Waals surface area contributed by atoms with Crippen molar-refractivity contribution in [2.45, 2.75) is 26.2 Å².